The summed E-state index contributed by atoms with van der Waals surface area (Å²) in [6.07, 6.45) is 6.55. The first kappa shape index (κ1) is 18.0. The largest absolute Gasteiger partial charge is 0.404 e. The van der Waals surface area contributed by atoms with Gasteiger partial charge >= 0.3 is 0 Å². The Balaban J connectivity index is 1.91. The Labute approximate surface area is 164 Å². The van der Waals surface area contributed by atoms with Crippen molar-refractivity contribution in [2.24, 2.45) is 10.7 Å². The van der Waals surface area contributed by atoms with E-state index >= 15 is 0 Å². The lowest BCUT2D eigenvalue weighted by Crippen LogP contribution is -2.13. The molecule has 3 aromatic rings. The molecular weight excluding hydrogens is 441 g/mol. The highest BCUT2D eigenvalue weighted by atomic mass is 127. The van der Waals surface area contributed by atoms with Crippen molar-refractivity contribution < 1.29 is 4.79 Å². The van der Waals surface area contributed by atoms with E-state index in [2.05, 4.69) is 42.9 Å². The Morgan fingerprint density at radius 2 is 2.00 bits per heavy atom. The van der Waals surface area contributed by atoms with Crippen LogP contribution in [-0.2, 0) is 0 Å². The van der Waals surface area contributed by atoms with Crippen LogP contribution in [0.5, 0.6) is 0 Å². The highest BCUT2D eigenvalue weighted by Crippen LogP contribution is 2.22. The molecule has 130 valence electrons. The summed E-state index contributed by atoms with van der Waals surface area (Å²) in [4.78, 5) is 24.8. The number of nitrogens with two attached hydrogens (primary N) is 1. The first-order valence-electron chi connectivity index (χ1n) is 7.78. The molecule has 2 heterocycles. The van der Waals surface area contributed by atoms with Crippen molar-refractivity contribution in [3.05, 3.63) is 69.8 Å². The fraction of sp³-hybridized carbons (Fsp3) is 0.0526. The number of nitrogens with one attached hydrogen (secondary N) is 1. The molecule has 0 aliphatic rings. The van der Waals surface area contributed by atoms with Gasteiger partial charge in [-0.05, 0) is 57.8 Å². The van der Waals surface area contributed by atoms with E-state index in [0.717, 1.165) is 25.6 Å². The number of nitrogens with zero attached hydrogens (tertiary/aromatic N) is 3. The van der Waals surface area contributed by atoms with Crippen LogP contribution in [0.4, 0.5) is 5.82 Å². The van der Waals surface area contributed by atoms with Gasteiger partial charge in [-0.25, -0.2) is 4.98 Å². The number of fused-ring (bicyclic) bond motifs is 1. The van der Waals surface area contributed by atoms with E-state index in [4.69, 9.17) is 5.73 Å². The molecule has 0 saturated carbocycles. The molecular formula is C19H16IN5O. The molecule has 0 atom stereocenters. The first-order valence-corrected chi connectivity index (χ1v) is 8.85. The molecule has 0 unspecified atom stereocenters. The van der Waals surface area contributed by atoms with Crippen LogP contribution in [0.15, 0.2) is 60.0 Å². The van der Waals surface area contributed by atoms with Crippen molar-refractivity contribution >= 4 is 56.9 Å². The number of carbonyl (C=O) groups is 1. The smallest absolute Gasteiger partial charge is 0.256 e. The number of aromatic nitrogens is 2. The molecule has 0 bridgehead atoms. The van der Waals surface area contributed by atoms with Gasteiger partial charge in [0.25, 0.3) is 5.91 Å². The Hall–Kier alpha value is -2.81. The molecule has 0 aliphatic carbocycles. The summed E-state index contributed by atoms with van der Waals surface area (Å²) in [7, 11) is 1.70. The van der Waals surface area contributed by atoms with Crippen LogP contribution in [0.2, 0.25) is 0 Å². The molecule has 0 saturated heterocycles. The van der Waals surface area contributed by atoms with E-state index in [1.807, 2.05) is 24.3 Å². The minimum atomic E-state index is -0.228. The third-order valence-electron chi connectivity index (χ3n) is 3.73. The van der Waals surface area contributed by atoms with Crippen LogP contribution in [0.3, 0.4) is 0 Å². The lowest BCUT2D eigenvalue weighted by atomic mass is 10.0. The van der Waals surface area contributed by atoms with Gasteiger partial charge in [0.1, 0.15) is 9.52 Å². The summed E-state index contributed by atoms with van der Waals surface area (Å²) in [6, 6.07) is 11.1. The summed E-state index contributed by atoms with van der Waals surface area (Å²) >= 11 is 2.07. The van der Waals surface area contributed by atoms with Crippen LogP contribution in [0, 0.1) is 3.70 Å². The van der Waals surface area contributed by atoms with Crippen molar-refractivity contribution in [2.45, 2.75) is 0 Å². The average Bonchev–Trinajstić information content (AvgIpc) is 2.65. The number of halogens is 1. The van der Waals surface area contributed by atoms with Gasteiger partial charge in [0.2, 0.25) is 0 Å². The predicted molar refractivity (Wildman–Crippen MR) is 113 cm³/mol. The maximum Gasteiger partial charge on any atom is 0.256 e. The van der Waals surface area contributed by atoms with E-state index in [-0.39, 0.29) is 5.91 Å². The second-order valence-corrected chi connectivity index (χ2v) is 6.57. The zero-order valence-corrected chi connectivity index (χ0v) is 16.1. The minimum absolute atomic E-state index is 0.228. The van der Waals surface area contributed by atoms with Crippen LogP contribution < -0.4 is 11.1 Å². The Morgan fingerprint density at radius 3 is 2.73 bits per heavy atom. The van der Waals surface area contributed by atoms with E-state index in [1.165, 1.54) is 6.20 Å². The molecule has 2 aromatic heterocycles. The van der Waals surface area contributed by atoms with E-state index in [1.54, 1.807) is 37.8 Å². The van der Waals surface area contributed by atoms with Gasteiger partial charge < -0.3 is 11.1 Å². The fourth-order valence-electron chi connectivity index (χ4n) is 2.47. The number of hydrogen-bond donors (Lipinski definition) is 2. The third-order valence-corrected chi connectivity index (χ3v) is 4.32. The number of carbonyl (C=O) groups excluding carboxylic acids is 1. The molecule has 0 fully saturated rings. The topological polar surface area (TPSA) is 93.3 Å². The SMILES string of the molecule is CN=CC(=CN)c1ccc2cnc(NC(=O)c3ccnc(I)c3)cc2c1. The van der Waals surface area contributed by atoms with Crippen molar-refractivity contribution in [1.29, 1.82) is 0 Å². The number of benzene rings is 1. The van der Waals surface area contributed by atoms with Gasteiger partial charge in [0.05, 0.1) is 0 Å². The monoisotopic (exact) mass is 457 g/mol. The van der Waals surface area contributed by atoms with Gasteiger partial charge in [0.15, 0.2) is 0 Å². The number of amides is 1. The van der Waals surface area contributed by atoms with Crippen LogP contribution in [0.1, 0.15) is 15.9 Å². The number of pyridine rings is 2. The molecule has 26 heavy (non-hydrogen) atoms. The zero-order valence-electron chi connectivity index (χ0n) is 14.0. The highest BCUT2D eigenvalue weighted by Gasteiger charge is 2.09. The van der Waals surface area contributed by atoms with Crippen LogP contribution >= 0.6 is 22.6 Å². The maximum atomic E-state index is 12.4. The molecule has 6 nitrogen and oxygen atoms in total. The third kappa shape index (κ3) is 4.05. The first-order chi connectivity index (χ1) is 12.6. The van der Waals surface area contributed by atoms with Crippen molar-refractivity contribution in [3.8, 4) is 0 Å². The van der Waals surface area contributed by atoms with E-state index < -0.39 is 0 Å². The maximum absolute atomic E-state index is 12.4. The second kappa shape index (κ2) is 8.05. The Kier molecular flexibility index (Phi) is 5.57. The number of allylic oxidation sites excluding steroid dienone is 1. The van der Waals surface area contributed by atoms with Gasteiger partial charge in [-0.15, -0.1) is 0 Å². The summed E-state index contributed by atoms with van der Waals surface area (Å²) < 4.78 is 0.755. The molecule has 0 aliphatic heterocycles. The number of anilines is 1. The normalized spacial score (nSPS) is 11.8. The minimum Gasteiger partial charge on any atom is -0.404 e. The summed E-state index contributed by atoms with van der Waals surface area (Å²) in [5.41, 5.74) is 7.98. The summed E-state index contributed by atoms with van der Waals surface area (Å²) in [5.74, 6) is 0.253. The van der Waals surface area contributed by atoms with Gasteiger partial charge in [-0.1, -0.05) is 12.1 Å². The van der Waals surface area contributed by atoms with Crippen molar-refractivity contribution in [3.63, 3.8) is 0 Å². The number of rotatable bonds is 4. The van der Waals surface area contributed by atoms with E-state index in [0.29, 0.717) is 11.4 Å². The molecule has 1 amide bonds. The predicted octanol–water partition coefficient (Wildman–Crippen LogP) is 3.49. The molecule has 0 spiro atoms. The number of aliphatic imine (C=N–C) groups is 1. The zero-order chi connectivity index (χ0) is 18.5. The second-order valence-electron chi connectivity index (χ2n) is 5.46. The molecule has 1 aromatic carbocycles. The van der Waals surface area contributed by atoms with Crippen LogP contribution in [-0.4, -0.2) is 29.1 Å². The average molecular weight is 457 g/mol. The quantitative estimate of drug-likeness (QED) is 0.357. The Morgan fingerprint density at radius 1 is 1.15 bits per heavy atom. The summed E-state index contributed by atoms with van der Waals surface area (Å²) in [5, 5.41) is 4.73. The van der Waals surface area contributed by atoms with Crippen LogP contribution in [0.25, 0.3) is 16.3 Å². The molecule has 3 rings (SSSR count). The lowest BCUT2D eigenvalue weighted by molar-refractivity contribution is 0.102. The van der Waals surface area contributed by atoms with Gasteiger partial charge in [-0.2, -0.15) is 0 Å². The van der Waals surface area contributed by atoms with Gasteiger partial charge in [-0.3, -0.25) is 14.8 Å². The standard InChI is InChI=1S/C19H16IN5O/c1-22-10-16(9-21)12-2-3-14-11-24-18(8-15(14)6-12)25-19(26)13-4-5-23-17(20)7-13/h2-11H,21H2,1H3,(H,24,25,26). The molecule has 3 N–H and O–H groups in total. The Bertz CT molecular complexity index is 1030. The fourth-order valence-corrected chi connectivity index (χ4v) is 2.97. The van der Waals surface area contributed by atoms with Crippen molar-refractivity contribution in [1.82, 2.24) is 9.97 Å². The number of hydrogen-bond acceptors (Lipinski definition) is 5. The molecule has 0 radical (unpaired) electrons. The lowest BCUT2D eigenvalue weighted by Gasteiger charge is -2.08. The summed E-state index contributed by atoms with van der Waals surface area (Å²) in [6.45, 7) is 0. The van der Waals surface area contributed by atoms with E-state index in [9.17, 15) is 4.79 Å². The van der Waals surface area contributed by atoms with Gasteiger partial charge in [0, 0.05) is 48.4 Å². The highest BCUT2D eigenvalue weighted by molar-refractivity contribution is 14.1. The molecule has 7 heteroatoms. The van der Waals surface area contributed by atoms with Crippen molar-refractivity contribution in [2.75, 3.05) is 12.4 Å².